The van der Waals surface area contributed by atoms with E-state index in [9.17, 15) is 0 Å². The summed E-state index contributed by atoms with van der Waals surface area (Å²) in [5.74, 6) is 3.46. The summed E-state index contributed by atoms with van der Waals surface area (Å²) >= 11 is 2.04. The van der Waals surface area contributed by atoms with Gasteiger partial charge in [-0.3, -0.25) is 0 Å². The predicted molar refractivity (Wildman–Crippen MR) is 71.7 cm³/mol. The Balaban J connectivity index is 2.11. The highest BCUT2D eigenvalue weighted by atomic mass is 32.2. The van der Waals surface area contributed by atoms with Crippen LogP contribution in [0.2, 0.25) is 0 Å². The van der Waals surface area contributed by atoms with Crippen LogP contribution < -0.4 is 5.32 Å². The predicted octanol–water partition coefficient (Wildman–Crippen LogP) is 3.69. The number of hydrogen-bond acceptors (Lipinski definition) is 2. The molecule has 1 atom stereocenters. The van der Waals surface area contributed by atoms with Crippen LogP contribution in [-0.4, -0.2) is 24.1 Å². The van der Waals surface area contributed by atoms with Crippen LogP contribution in [0.3, 0.4) is 0 Å². The minimum Gasteiger partial charge on any atom is -0.313 e. The van der Waals surface area contributed by atoms with E-state index in [0.717, 1.165) is 12.0 Å². The van der Waals surface area contributed by atoms with E-state index in [1.807, 2.05) is 11.8 Å². The van der Waals surface area contributed by atoms with Crippen molar-refractivity contribution in [1.29, 1.82) is 0 Å². The first-order valence-electron chi connectivity index (χ1n) is 6.65. The third-order valence-corrected chi connectivity index (χ3v) is 4.42. The van der Waals surface area contributed by atoms with Gasteiger partial charge in [-0.1, -0.05) is 32.6 Å². The summed E-state index contributed by atoms with van der Waals surface area (Å²) in [6.07, 6.45) is 8.76. The first kappa shape index (κ1) is 13.4. The average Bonchev–Trinajstić information content (AvgIpc) is 2.52. The maximum atomic E-state index is 3.69. The smallest absolute Gasteiger partial charge is 0.00673 e. The highest BCUT2D eigenvalue weighted by Gasteiger charge is 2.17. The maximum Gasteiger partial charge on any atom is 0.00673 e. The lowest BCUT2D eigenvalue weighted by Gasteiger charge is -2.23. The quantitative estimate of drug-likeness (QED) is 0.551. The van der Waals surface area contributed by atoms with Crippen LogP contribution in [0.5, 0.6) is 0 Å². The van der Waals surface area contributed by atoms with Gasteiger partial charge < -0.3 is 5.32 Å². The zero-order chi connectivity index (χ0) is 10.9. The molecule has 1 fully saturated rings. The van der Waals surface area contributed by atoms with Crippen molar-refractivity contribution in [3.8, 4) is 0 Å². The zero-order valence-corrected chi connectivity index (χ0v) is 11.2. The zero-order valence-electron chi connectivity index (χ0n) is 10.4. The van der Waals surface area contributed by atoms with E-state index in [-0.39, 0.29) is 0 Å². The van der Waals surface area contributed by atoms with Gasteiger partial charge in [-0.05, 0) is 31.4 Å². The third kappa shape index (κ3) is 5.82. The molecule has 1 rings (SSSR count). The highest BCUT2D eigenvalue weighted by Crippen LogP contribution is 2.25. The lowest BCUT2D eigenvalue weighted by atomic mass is 9.93. The lowest BCUT2D eigenvalue weighted by Crippen LogP contribution is -2.34. The Morgan fingerprint density at radius 1 is 1.20 bits per heavy atom. The van der Waals surface area contributed by atoms with Crippen molar-refractivity contribution in [2.24, 2.45) is 5.92 Å². The molecule has 1 saturated carbocycles. The average molecular weight is 229 g/mol. The van der Waals surface area contributed by atoms with Gasteiger partial charge >= 0.3 is 0 Å². The molecule has 0 radical (unpaired) electrons. The van der Waals surface area contributed by atoms with Gasteiger partial charge in [0.2, 0.25) is 0 Å². The van der Waals surface area contributed by atoms with Crippen LogP contribution >= 0.6 is 11.8 Å². The second-order valence-corrected chi connectivity index (χ2v) is 6.09. The molecule has 0 heterocycles. The summed E-state index contributed by atoms with van der Waals surface area (Å²) in [7, 11) is 0. The molecule has 1 aliphatic carbocycles. The fourth-order valence-corrected chi connectivity index (χ4v) is 3.03. The fraction of sp³-hybridized carbons (Fsp3) is 1.00. The molecule has 0 aromatic rings. The van der Waals surface area contributed by atoms with Crippen LogP contribution in [0.1, 0.15) is 52.4 Å². The fourth-order valence-electron chi connectivity index (χ4n) is 2.48. The molecule has 2 heteroatoms. The standard InChI is InChI=1S/C13H27NS/c1-3-15-11-10-14-12(2)13-8-6-4-5-7-9-13/h12-14H,3-11H2,1-2H3/t12-/m1/s1. The van der Waals surface area contributed by atoms with E-state index in [1.54, 1.807) is 0 Å². The van der Waals surface area contributed by atoms with Crippen molar-refractivity contribution < 1.29 is 0 Å². The molecular weight excluding hydrogens is 202 g/mol. The van der Waals surface area contributed by atoms with Crippen molar-refractivity contribution >= 4 is 11.8 Å². The molecule has 0 aliphatic heterocycles. The monoisotopic (exact) mass is 229 g/mol. The molecule has 0 unspecified atom stereocenters. The lowest BCUT2D eigenvalue weighted by molar-refractivity contribution is 0.344. The van der Waals surface area contributed by atoms with E-state index in [0.29, 0.717) is 0 Å². The SMILES string of the molecule is CCSCCN[C@H](C)C1CCCCCC1. The Kier molecular flexibility index (Phi) is 7.54. The normalized spacial score (nSPS) is 21.2. The van der Waals surface area contributed by atoms with Crippen molar-refractivity contribution in [1.82, 2.24) is 5.32 Å². The van der Waals surface area contributed by atoms with Crippen molar-refractivity contribution in [2.75, 3.05) is 18.1 Å². The summed E-state index contributed by atoms with van der Waals surface area (Å²) in [5.41, 5.74) is 0. The Bertz CT molecular complexity index is 141. The molecule has 0 bridgehead atoms. The van der Waals surface area contributed by atoms with Gasteiger partial charge in [0.05, 0.1) is 0 Å². The summed E-state index contributed by atoms with van der Waals surface area (Å²) in [6.45, 7) is 5.81. The second-order valence-electron chi connectivity index (χ2n) is 4.69. The van der Waals surface area contributed by atoms with Crippen LogP contribution in [0.4, 0.5) is 0 Å². The minimum atomic E-state index is 0.737. The first-order chi connectivity index (χ1) is 7.34. The summed E-state index contributed by atoms with van der Waals surface area (Å²) in [4.78, 5) is 0. The summed E-state index contributed by atoms with van der Waals surface area (Å²) in [5, 5.41) is 3.69. The summed E-state index contributed by atoms with van der Waals surface area (Å²) < 4.78 is 0. The van der Waals surface area contributed by atoms with Gasteiger partial charge in [-0.25, -0.2) is 0 Å². The molecule has 0 amide bonds. The Labute approximate surface area is 99.8 Å². The number of rotatable bonds is 6. The highest BCUT2D eigenvalue weighted by molar-refractivity contribution is 7.99. The molecule has 15 heavy (non-hydrogen) atoms. The van der Waals surface area contributed by atoms with Crippen LogP contribution in [0.15, 0.2) is 0 Å². The molecule has 1 nitrogen and oxygen atoms in total. The van der Waals surface area contributed by atoms with Gasteiger partial charge in [0.15, 0.2) is 0 Å². The number of thioether (sulfide) groups is 1. The van der Waals surface area contributed by atoms with Crippen LogP contribution in [0, 0.1) is 5.92 Å². The van der Waals surface area contributed by atoms with Crippen molar-refractivity contribution in [3.05, 3.63) is 0 Å². The van der Waals surface area contributed by atoms with Crippen LogP contribution in [0.25, 0.3) is 0 Å². The first-order valence-corrected chi connectivity index (χ1v) is 7.81. The molecule has 1 N–H and O–H groups in total. The van der Waals surface area contributed by atoms with E-state index in [4.69, 9.17) is 0 Å². The molecule has 1 aliphatic rings. The molecule has 0 saturated heterocycles. The number of nitrogens with one attached hydrogen (secondary N) is 1. The third-order valence-electron chi connectivity index (χ3n) is 3.52. The maximum absolute atomic E-state index is 3.69. The second kappa shape index (κ2) is 8.46. The molecule has 0 aromatic carbocycles. The topological polar surface area (TPSA) is 12.0 Å². The Hall–Kier alpha value is 0.310. The van der Waals surface area contributed by atoms with E-state index in [2.05, 4.69) is 19.2 Å². The van der Waals surface area contributed by atoms with E-state index >= 15 is 0 Å². The Morgan fingerprint density at radius 2 is 1.87 bits per heavy atom. The minimum absolute atomic E-state index is 0.737. The molecule has 90 valence electrons. The largest absolute Gasteiger partial charge is 0.313 e. The van der Waals surface area contributed by atoms with Gasteiger partial charge in [-0.15, -0.1) is 0 Å². The summed E-state index contributed by atoms with van der Waals surface area (Å²) in [6, 6.07) is 0.737. The number of hydrogen-bond donors (Lipinski definition) is 1. The van der Waals surface area contributed by atoms with Crippen molar-refractivity contribution in [3.63, 3.8) is 0 Å². The van der Waals surface area contributed by atoms with Crippen LogP contribution in [-0.2, 0) is 0 Å². The molecule has 0 spiro atoms. The Morgan fingerprint density at radius 3 is 2.47 bits per heavy atom. The van der Waals surface area contributed by atoms with E-state index in [1.165, 1.54) is 56.6 Å². The molecule has 0 aromatic heterocycles. The van der Waals surface area contributed by atoms with Gasteiger partial charge in [-0.2, -0.15) is 11.8 Å². The van der Waals surface area contributed by atoms with Crippen molar-refractivity contribution in [2.45, 2.75) is 58.4 Å². The van der Waals surface area contributed by atoms with Gasteiger partial charge in [0, 0.05) is 18.3 Å². The van der Waals surface area contributed by atoms with E-state index < -0.39 is 0 Å². The van der Waals surface area contributed by atoms with Gasteiger partial charge in [0.1, 0.15) is 0 Å². The molecular formula is C13H27NS. The van der Waals surface area contributed by atoms with Gasteiger partial charge in [0.25, 0.3) is 0 Å².